The lowest BCUT2D eigenvalue weighted by atomic mass is 9.79. The molecule has 7 heteroatoms. The van der Waals surface area contributed by atoms with E-state index < -0.39 is 5.72 Å². The molecule has 5 rings (SSSR count). The van der Waals surface area contributed by atoms with E-state index in [1.165, 1.54) is 5.06 Å². The van der Waals surface area contributed by atoms with Gasteiger partial charge in [0.15, 0.2) is 5.69 Å². The Kier molecular flexibility index (Phi) is 4.02. The zero-order valence-electron chi connectivity index (χ0n) is 16.2. The third kappa shape index (κ3) is 2.92. The number of guanidine groups is 1. The summed E-state index contributed by atoms with van der Waals surface area (Å²) in [7, 11) is 1.77. The smallest absolute Gasteiger partial charge is 0.222 e. The van der Waals surface area contributed by atoms with Crippen LogP contribution in [0.1, 0.15) is 24.8 Å². The van der Waals surface area contributed by atoms with E-state index >= 15 is 0 Å². The summed E-state index contributed by atoms with van der Waals surface area (Å²) in [5.41, 5.74) is 8.20. The molecular formula is C22H22N4O3. The number of rotatable bonds is 1. The standard InChI is InChI=1S/C22H22N4O3/c1-24-17-5-3-4-15(12-17)16-6-7-19-18(13-16)22(25-20(23)26(2)29-22)14-21(28-19)8-10-27-11-9-21/h3-7,12-13H,8-11,14H2,2H3,(H2,23,25). The van der Waals surface area contributed by atoms with Crippen LogP contribution in [0, 0.1) is 6.57 Å². The number of nitrogens with two attached hydrogens (primary N) is 1. The highest BCUT2D eigenvalue weighted by Gasteiger charge is 2.54. The van der Waals surface area contributed by atoms with Gasteiger partial charge in [0.25, 0.3) is 0 Å². The summed E-state index contributed by atoms with van der Waals surface area (Å²) in [6.07, 6.45) is 2.14. The van der Waals surface area contributed by atoms with Crippen LogP contribution in [-0.2, 0) is 15.3 Å². The summed E-state index contributed by atoms with van der Waals surface area (Å²) in [5.74, 6) is 1.11. The molecule has 1 saturated heterocycles. The van der Waals surface area contributed by atoms with E-state index in [9.17, 15) is 0 Å². The number of hydroxylamine groups is 2. The topological polar surface area (TPSA) is 73.7 Å². The van der Waals surface area contributed by atoms with E-state index in [0.717, 1.165) is 35.3 Å². The molecule has 2 spiro atoms. The first kappa shape index (κ1) is 18.0. The molecule has 0 aromatic heterocycles. The number of nitrogens with zero attached hydrogens (tertiary/aromatic N) is 3. The first-order chi connectivity index (χ1) is 14.0. The van der Waals surface area contributed by atoms with E-state index in [4.69, 9.17) is 31.6 Å². The second kappa shape index (κ2) is 6.48. The maximum Gasteiger partial charge on any atom is 0.222 e. The molecule has 1 fully saturated rings. The fourth-order valence-electron chi connectivity index (χ4n) is 4.41. The highest BCUT2D eigenvalue weighted by atomic mass is 16.7. The lowest BCUT2D eigenvalue weighted by Gasteiger charge is -2.46. The molecule has 3 aliphatic heterocycles. The average Bonchev–Trinajstić information content (AvgIpc) is 3.01. The number of benzene rings is 2. The van der Waals surface area contributed by atoms with Gasteiger partial charge in [-0.05, 0) is 29.3 Å². The van der Waals surface area contributed by atoms with Gasteiger partial charge >= 0.3 is 0 Å². The van der Waals surface area contributed by atoms with Gasteiger partial charge in [-0.2, -0.15) is 0 Å². The van der Waals surface area contributed by atoms with Gasteiger partial charge in [0.1, 0.15) is 11.4 Å². The molecule has 0 bridgehead atoms. The Labute approximate surface area is 169 Å². The maximum absolute atomic E-state index is 7.28. The fraction of sp³-hybridized carbons (Fsp3) is 0.364. The van der Waals surface area contributed by atoms with Crippen LogP contribution in [-0.4, -0.2) is 36.9 Å². The number of hydrogen-bond donors (Lipinski definition) is 1. The largest absolute Gasteiger partial charge is 0.486 e. The molecule has 1 atom stereocenters. The monoisotopic (exact) mass is 390 g/mol. The van der Waals surface area contributed by atoms with Gasteiger partial charge in [0, 0.05) is 26.3 Å². The Hall–Kier alpha value is -3.08. The van der Waals surface area contributed by atoms with Crippen LogP contribution < -0.4 is 10.5 Å². The predicted octanol–water partition coefficient (Wildman–Crippen LogP) is 3.58. The van der Waals surface area contributed by atoms with Crippen LogP contribution in [0.4, 0.5) is 5.69 Å². The zero-order valence-corrected chi connectivity index (χ0v) is 16.2. The maximum atomic E-state index is 7.28. The molecule has 2 N–H and O–H groups in total. The molecule has 2 aromatic carbocycles. The molecule has 0 amide bonds. The molecule has 0 aliphatic carbocycles. The highest BCUT2D eigenvalue weighted by Crippen LogP contribution is 2.52. The van der Waals surface area contributed by atoms with Crippen molar-refractivity contribution in [1.82, 2.24) is 5.06 Å². The minimum absolute atomic E-state index is 0.348. The first-order valence-electron chi connectivity index (χ1n) is 9.70. The molecule has 0 radical (unpaired) electrons. The lowest BCUT2D eigenvalue weighted by molar-refractivity contribution is -0.212. The molecule has 148 valence electrons. The average molecular weight is 390 g/mol. The number of aliphatic imine (C=N–C) groups is 1. The van der Waals surface area contributed by atoms with Gasteiger partial charge < -0.3 is 15.2 Å². The summed E-state index contributed by atoms with van der Waals surface area (Å²) >= 11 is 0. The van der Waals surface area contributed by atoms with Crippen molar-refractivity contribution >= 4 is 11.6 Å². The number of hydrogen-bond acceptors (Lipinski definition) is 6. The van der Waals surface area contributed by atoms with E-state index in [1.807, 2.05) is 36.4 Å². The lowest BCUT2D eigenvalue weighted by Crippen LogP contribution is -2.51. The van der Waals surface area contributed by atoms with E-state index in [2.05, 4.69) is 4.85 Å². The van der Waals surface area contributed by atoms with Crippen LogP contribution in [0.15, 0.2) is 47.5 Å². The van der Waals surface area contributed by atoms with E-state index in [1.54, 1.807) is 13.1 Å². The van der Waals surface area contributed by atoms with E-state index in [0.29, 0.717) is 31.3 Å². The van der Waals surface area contributed by atoms with Crippen molar-refractivity contribution in [2.24, 2.45) is 10.7 Å². The Morgan fingerprint density at radius 2 is 1.93 bits per heavy atom. The van der Waals surface area contributed by atoms with Crippen molar-refractivity contribution in [3.05, 3.63) is 59.4 Å². The Morgan fingerprint density at radius 3 is 2.66 bits per heavy atom. The van der Waals surface area contributed by atoms with Gasteiger partial charge in [-0.1, -0.05) is 24.3 Å². The van der Waals surface area contributed by atoms with Crippen LogP contribution >= 0.6 is 0 Å². The van der Waals surface area contributed by atoms with Crippen molar-refractivity contribution in [3.63, 3.8) is 0 Å². The molecule has 0 saturated carbocycles. The first-order valence-corrected chi connectivity index (χ1v) is 9.70. The molecule has 3 heterocycles. The minimum atomic E-state index is -0.919. The van der Waals surface area contributed by atoms with Crippen molar-refractivity contribution in [2.75, 3.05) is 20.3 Å². The van der Waals surface area contributed by atoms with Crippen LogP contribution in [0.2, 0.25) is 0 Å². The van der Waals surface area contributed by atoms with Crippen molar-refractivity contribution in [3.8, 4) is 16.9 Å². The van der Waals surface area contributed by atoms with Gasteiger partial charge in [0.05, 0.1) is 25.3 Å². The predicted molar refractivity (Wildman–Crippen MR) is 108 cm³/mol. The van der Waals surface area contributed by atoms with Gasteiger partial charge in [-0.25, -0.2) is 19.7 Å². The van der Waals surface area contributed by atoms with Crippen LogP contribution in [0.3, 0.4) is 0 Å². The quantitative estimate of drug-likeness (QED) is 0.754. The summed E-state index contributed by atoms with van der Waals surface area (Å²) in [6.45, 7) is 8.59. The summed E-state index contributed by atoms with van der Waals surface area (Å²) in [6, 6.07) is 13.6. The van der Waals surface area contributed by atoms with E-state index in [-0.39, 0.29) is 5.60 Å². The molecule has 1 unspecified atom stereocenters. The van der Waals surface area contributed by atoms with Crippen molar-refractivity contribution < 1.29 is 14.3 Å². The van der Waals surface area contributed by atoms with Crippen LogP contribution in [0.25, 0.3) is 16.0 Å². The third-order valence-corrected chi connectivity index (χ3v) is 5.91. The molecule has 2 aromatic rings. The highest BCUT2D eigenvalue weighted by molar-refractivity contribution is 5.79. The minimum Gasteiger partial charge on any atom is -0.486 e. The normalized spacial score (nSPS) is 24.7. The summed E-state index contributed by atoms with van der Waals surface area (Å²) in [4.78, 5) is 14.5. The summed E-state index contributed by atoms with van der Waals surface area (Å²) < 4.78 is 12.1. The van der Waals surface area contributed by atoms with Crippen molar-refractivity contribution in [2.45, 2.75) is 30.6 Å². The second-order valence-corrected chi connectivity index (χ2v) is 7.79. The fourth-order valence-corrected chi connectivity index (χ4v) is 4.41. The zero-order chi connectivity index (χ0) is 20.1. The second-order valence-electron chi connectivity index (χ2n) is 7.79. The Balaban J connectivity index is 1.64. The van der Waals surface area contributed by atoms with Gasteiger partial charge in [0.2, 0.25) is 11.7 Å². The Morgan fingerprint density at radius 1 is 1.14 bits per heavy atom. The number of ether oxygens (including phenoxy) is 2. The third-order valence-electron chi connectivity index (χ3n) is 5.91. The van der Waals surface area contributed by atoms with Gasteiger partial charge in [-0.3, -0.25) is 0 Å². The Bertz CT molecular complexity index is 1040. The SMILES string of the molecule is [C-]#[N+]c1cccc(-c2ccc3c(c2)C2(CC4(CCOCC4)O3)N=C(N)N(C)O2)c1. The number of fused-ring (bicyclic) bond motifs is 2. The molecule has 7 nitrogen and oxygen atoms in total. The van der Waals surface area contributed by atoms with Crippen molar-refractivity contribution in [1.29, 1.82) is 0 Å². The van der Waals surface area contributed by atoms with Gasteiger partial charge in [-0.15, -0.1) is 0 Å². The molecule has 3 aliphatic rings. The molecular weight excluding hydrogens is 368 g/mol. The molecule has 29 heavy (non-hydrogen) atoms. The summed E-state index contributed by atoms with van der Waals surface area (Å²) in [5, 5.41) is 1.52. The van der Waals surface area contributed by atoms with Crippen LogP contribution in [0.5, 0.6) is 5.75 Å².